The third-order valence-corrected chi connectivity index (χ3v) is 3.29. The van der Waals surface area contributed by atoms with E-state index in [0.29, 0.717) is 11.1 Å². The van der Waals surface area contributed by atoms with Crippen LogP contribution in [0.4, 0.5) is 0 Å². The molecule has 1 aromatic heterocycles. The summed E-state index contributed by atoms with van der Waals surface area (Å²) in [5.41, 5.74) is 5.16. The van der Waals surface area contributed by atoms with Crippen molar-refractivity contribution >= 4 is 16.9 Å². The minimum atomic E-state index is -0.0976. The number of nitrogens with one attached hydrogen (secondary N) is 3. The standard InChI is InChI=1S/C13H17N5O/c19-13(17-18-7-2-5-14-6-8-18)10-3-1-4-11-12(10)16-9-15-11/h1,3-4,9,14H,2,5-8H2,(H,15,16)(H,17,19). The number of para-hydroxylation sites is 1. The Bertz CT molecular complexity index is 571. The van der Waals surface area contributed by atoms with E-state index >= 15 is 0 Å². The maximum Gasteiger partial charge on any atom is 0.267 e. The fourth-order valence-corrected chi connectivity index (χ4v) is 2.31. The Hall–Kier alpha value is -1.92. The van der Waals surface area contributed by atoms with Gasteiger partial charge in [0, 0.05) is 19.6 Å². The molecule has 0 saturated carbocycles. The van der Waals surface area contributed by atoms with Gasteiger partial charge in [0.15, 0.2) is 0 Å². The maximum absolute atomic E-state index is 12.3. The van der Waals surface area contributed by atoms with Crippen LogP contribution in [0.1, 0.15) is 16.8 Å². The van der Waals surface area contributed by atoms with Gasteiger partial charge >= 0.3 is 0 Å². The van der Waals surface area contributed by atoms with E-state index in [0.717, 1.165) is 38.1 Å². The average molecular weight is 259 g/mol. The van der Waals surface area contributed by atoms with Crippen LogP contribution < -0.4 is 10.7 Å². The second kappa shape index (κ2) is 5.38. The van der Waals surface area contributed by atoms with Crippen molar-refractivity contribution in [3.05, 3.63) is 30.1 Å². The molecule has 1 aromatic carbocycles. The fraction of sp³-hybridized carbons (Fsp3) is 0.385. The number of carbonyl (C=O) groups excluding carboxylic acids is 1. The number of H-pyrrole nitrogens is 1. The second-order valence-electron chi connectivity index (χ2n) is 4.64. The minimum Gasteiger partial charge on any atom is -0.345 e. The first-order chi connectivity index (χ1) is 9.34. The number of fused-ring (bicyclic) bond motifs is 1. The highest BCUT2D eigenvalue weighted by molar-refractivity contribution is 6.04. The molecular formula is C13H17N5O. The molecule has 0 radical (unpaired) electrons. The molecule has 1 aliphatic rings. The molecule has 1 aliphatic heterocycles. The normalized spacial score (nSPS) is 17.3. The van der Waals surface area contributed by atoms with Crippen LogP contribution in [-0.2, 0) is 0 Å². The molecule has 6 heteroatoms. The van der Waals surface area contributed by atoms with Crippen LogP contribution in [0.2, 0.25) is 0 Å². The number of hydrazine groups is 1. The Morgan fingerprint density at radius 3 is 3.21 bits per heavy atom. The molecule has 0 bridgehead atoms. The van der Waals surface area contributed by atoms with Crippen LogP contribution in [-0.4, -0.2) is 47.1 Å². The number of carbonyl (C=O) groups is 1. The molecule has 0 atom stereocenters. The molecular weight excluding hydrogens is 242 g/mol. The summed E-state index contributed by atoms with van der Waals surface area (Å²) in [6.45, 7) is 3.59. The SMILES string of the molecule is O=C(NN1CCCNCC1)c1cccc2[nH]cnc12. The van der Waals surface area contributed by atoms with Crippen molar-refractivity contribution in [2.45, 2.75) is 6.42 Å². The first kappa shape index (κ1) is 12.1. The van der Waals surface area contributed by atoms with Crippen molar-refractivity contribution in [2.24, 2.45) is 0 Å². The van der Waals surface area contributed by atoms with E-state index in [1.165, 1.54) is 0 Å². The van der Waals surface area contributed by atoms with Crippen molar-refractivity contribution in [3.63, 3.8) is 0 Å². The van der Waals surface area contributed by atoms with Crippen LogP contribution in [0.25, 0.3) is 11.0 Å². The van der Waals surface area contributed by atoms with Crippen molar-refractivity contribution in [1.29, 1.82) is 0 Å². The molecule has 19 heavy (non-hydrogen) atoms. The highest BCUT2D eigenvalue weighted by atomic mass is 16.2. The molecule has 1 amide bonds. The van der Waals surface area contributed by atoms with Crippen LogP contribution in [0.15, 0.2) is 24.5 Å². The molecule has 1 fully saturated rings. The number of imidazole rings is 1. The predicted octanol–water partition coefficient (Wildman–Crippen LogP) is 0.503. The van der Waals surface area contributed by atoms with Crippen molar-refractivity contribution in [2.75, 3.05) is 26.2 Å². The van der Waals surface area contributed by atoms with Crippen molar-refractivity contribution in [3.8, 4) is 0 Å². The summed E-state index contributed by atoms with van der Waals surface area (Å²) in [6.07, 6.45) is 2.64. The van der Waals surface area contributed by atoms with Gasteiger partial charge < -0.3 is 10.3 Å². The molecule has 0 aliphatic carbocycles. The highest BCUT2D eigenvalue weighted by Crippen LogP contribution is 2.14. The summed E-state index contributed by atoms with van der Waals surface area (Å²) in [5, 5.41) is 5.27. The molecule has 0 unspecified atom stereocenters. The van der Waals surface area contributed by atoms with E-state index < -0.39 is 0 Å². The van der Waals surface area contributed by atoms with E-state index in [-0.39, 0.29) is 5.91 Å². The summed E-state index contributed by atoms with van der Waals surface area (Å²) in [6, 6.07) is 5.57. The lowest BCUT2D eigenvalue weighted by atomic mass is 10.2. The summed E-state index contributed by atoms with van der Waals surface area (Å²) in [7, 11) is 0. The van der Waals surface area contributed by atoms with Gasteiger partial charge in [0.1, 0.15) is 5.52 Å². The van der Waals surface area contributed by atoms with Gasteiger partial charge in [-0.05, 0) is 25.1 Å². The van der Waals surface area contributed by atoms with E-state index in [2.05, 4.69) is 20.7 Å². The maximum atomic E-state index is 12.3. The summed E-state index contributed by atoms with van der Waals surface area (Å²) in [4.78, 5) is 19.5. The number of hydrogen-bond donors (Lipinski definition) is 3. The molecule has 2 heterocycles. The van der Waals surface area contributed by atoms with Crippen LogP contribution >= 0.6 is 0 Å². The van der Waals surface area contributed by atoms with Gasteiger partial charge in [-0.2, -0.15) is 0 Å². The predicted molar refractivity (Wildman–Crippen MR) is 72.6 cm³/mol. The Kier molecular flexibility index (Phi) is 3.43. The average Bonchev–Trinajstić information content (AvgIpc) is 2.76. The Morgan fingerprint density at radius 1 is 1.32 bits per heavy atom. The molecule has 6 nitrogen and oxygen atoms in total. The smallest absolute Gasteiger partial charge is 0.267 e. The number of aromatic amines is 1. The number of amides is 1. The lowest BCUT2D eigenvalue weighted by Gasteiger charge is -2.20. The first-order valence-electron chi connectivity index (χ1n) is 6.53. The number of benzene rings is 1. The summed E-state index contributed by atoms with van der Waals surface area (Å²) in [5.74, 6) is -0.0976. The number of aromatic nitrogens is 2. The quantitative estimate of drug-likeness (QED) is 0.734. The van der Waals surface area contributed by atoms with E-state index in [1.807, 2.05) is 17.1 Å². The molecule has 1 saturated heterocycles. The van der Waals surface area contributed by atoms with E-state index in [4.69, 9.17) is 0 Å². The molecule has 100 valence electrons. The van der Waals surface area contributed by atoms with Gasteiger partial charge in [-0.1, -0.05) is 6.07 Å². The third-order valence-electron chi connectivity index (χ3n) is 3.29. The van der Waals surface area contributed by atoms with Gasteiger partial charge in [-0.25, -0.2) is 9.99 Å². The van der Waals surface area contributed by atoms with Gasteiger partial charge in [0.05, 0.1) is 17.4 Å². The zero-order valence-electron chi connectivity index (χ0n) is 10.6. The second-order valence-corrected chi connectivity index (χ2v) is 4.64. The lowest BCUT2D eigenvalue weighted by Crippen LogP contribution is -2.44. The topological polar surface area (TPSA) is 73.1 Å². The molecule has 0 spiro atoms. The van der Waals surface area contributed by atoms with Crippen LogP contribution in [0.3, 0.4) is 0 Å². The zero-order chi connectivity index (χ0) is 13.1. The highest BCUT2D eigenvalue weighted by Gasteiger charge is 2.15. The monoisotopic (exact) mass is 259 g/mol. The minimum absolute atomic E-state index is 0.0976. The lowest BCUT2D eigenvalue weighted by molar-refractivity contribution is 0.0801. The fourth-order valence-electron chi connectivity index (χ4n) is 2.31. The van der Waals surface area contributed by atoms with E-state index in [9.17, 15) is 4.79 Å². The van der Waals surface area contributed by atoms with Gasteiger partial charge in [0.25, 0.3) is 5.91 Å². The Balaban J connectivity index is 1.77. The van der Waals surface area contributed by atoms with Crippen molar-refractivity contribution in [1.82, 2.24) is 25.7 Å². The number of rotatable bonds is 2. The van der Waals surface area contributed by atoms with Crippen LogP contribution in [0, 0.1) is 0 Å². The largest absolute Gasteiger partial charge is 0.345 e. The molecule has 3 N–H and O–H groups in total. The third kappa shape index (κ3) is 2.59. The van der Waals surface area contributed by atoms with Crippen LogP contribution in [0.5, 0.6) is 0 Å². The summed E-state index contributed by atoms with van der Waals surface area (Å²) < 4.78 is 0. The molecule has 2 aromatic rings. The Labute approximate surface area is 111 Å². The van der Waals surface area contributed by atoms with Gasteiger partial charge in [0.2, 0.25) is 0 Å². The number of hydrogen-bond acceptors (Lipinski definition) is 4. The van der Waals surface area contributed by atoms with Gasteiger partial charge in [-0.3, -0.25) is 10.2 Å². The summed E-state index contributed by atoms with van der Waals surface area (Å²) >= 11 is 0. The first-order valence-corrected chi connectivity index (χ1v) is 6.53. The van der Waals surface area contributed by atoms with Gasteiger partial charge in [-0.15, -0.1) is 0 Å². The zero-order valence-corrected chi connectivity index (χ0v) is 10.6. The number of nitrogens with zero attached hydrogens (tertiary/aromatic N) is 2. The Morgan fingerprint density at radius 2 is 2.26 bits per heavy atom. The van der Waals surface area contributed by atoms with E-state index in [1.54, 1.807) is 12.4 Å². The molecule has 3 rings (SSSR count). The van der Waals surface area contributed by atoms with Crippen molar-refractivity contribution < 1.29 is 4.79 Å².